The largest absolute Gasteiger partial charge is 0.460 e. The number of aryl methyl sites for hydroxylation is 1. The average Bonchev–Trinajstić information content (AvgIpc) is 2.85. The van der Waals surface area contributed by atoms with Gasteiger partial charge in [-0.15, -0.1) is 0 Å². The molecular formula is C25H18N2O9. The highest BCUT2D eigenvalue weighted by molar-refractivity contribution is 5.93. The van der Waals surface area contributed by atoms with Gasteiger partial charge in [0.05, 0.1) is 20.8 Å². The third kappa shape index (κ3) is 4.62. The maximum absolute atomic E-state index is 12.9. The van der Waals surface area contributed by atoms with Crippen LogP contribution in [0.5, 0.6) is 17.2 Å². The highest BCUT2D eigenvalue weighted by Gasteiger charge is 2.26. The number of nitro benzene ring substituents is 2. The SMILES string of the molecule is CCc1ccccc1Oc1coc2cc(OC(=O)c3cc([N+](=O)[O-])c(C)c([N+](=O)[O-])c3)ccc2c1=O. The van der Waals surface area contributed by atoms with Gasteiger partial charge < -0.3 is 13.9 Å². The van der Waals surface area contributed by atoms with Gasteiger partial charge >= 0.3 is 5.97 Å². The molecule has 4 rings (SSSR count). The molecule has 0 fully saturated rings. The fraction of sp³-hybridized carbons (Fsp3) is 0.120. The molecule has 11 heteroatoms. The second kappa shape index (κ2) is 9.66. The van der Waals surface area contributed by atoms with Crippen LogP contribution in [-0.4, -0.2) is 15.8 Å². The van der Waals surface area contributed by atoms with Gasteiger partial charge in [0.2, 0.25) is 11.2 Å². The van der Waals surface area contributed by atoms with Crippen LogP contribution in [0.15, 0.2) is 70.1 Å². The van der Waals surface area contributed by atoms with Crippen molar-refractivity contribution in [2.45, 2.75) is 20.3 Å². The number of carbonyl (C=O) groups excluding carboxylic acids is 1. The molecule has 0 saturated carbocycles. The van der Waals surface area contributed by atoms with Gasteiger partial charge in [-0.25, -0.2) is 4.79 Å². The van der Waals surface area contributed by atoms with E-state index in [4.69, 9.17) is 13.9 Å². The van der Waals surface area contributed by atoms with Crippen LogP contribution in [0, 0.1) is 27.2 Å². The van der Waals surface area contributed by atoms with E-state index in [9.17, 15) is 29.8 Å². The molecule has 1 aromatic heterocycles. The lowest BCUT2D eigenvalue weighted by Crippen LogP contribution is -2.11. The molecule has 0 spiro atoms. The normalized spacial score (nSPS) is 10.7. The number of esters is 1. The van der Waals surface area contributed by atoms with E-state index in [-0.39, 0.29) is 33.6 Å². The van der Waals surface area contributed by atoms with Crippen molar-refractivity contribution < 1.29 is 28.5 Å². The molecule has 0 aliphatic carbocycles. The third-order valence-corrected chi connectivity index (χ3v) is 5.48. The predicted octanol–water partition coefficient (Wildman–Crippen LogP) is 5.49. The molecule has 1 heterocycles. The van der Waals surface area contributed by atoms with E-state index in [0.717, 1.165) is 24.0 Å². The summed E-state index contributed by atoms with van der Waals surface area (Å²) < 4.78 is 16.5. The van der Waals surface area contributed by atoms with E-state index >= 15 is 0 Å². The first-order chi connectivity index (χ1) is 17.2. The molecule has 0 aliphatic heterocycles. The Morgan fingerprint density at radius 3 is 2.28 bits per heavy atom. The third-order valence-electron chi connectivity index (χ3n) is 5.48. The minimum absolute atomic E-state index is 0.0209. The van der Waals surface area contributed by atoms with E-state index in [1.165, 1.54) is 25.1 Å². The number of hydrogen-bond acceptors (Lipinski definition) is 9. The zero-order valence-electron chi connectivity index (χ0n) is 19.0. The number of fused-ring (bicyclic) bond motifs is 1. The second-order valence-electron chi connectivity index (χ2n) is 7.69. The lowest BCUT2D eigenvalue weighted by Gasteiger charge is -2.10. The zero-order valence-corrected chi connectivity index (χ0v) is 19.0. The molecule has 0 radical (unpaired) electrons. The van der Waals surface area contributed by atoms with Crippen molar-refractivity contribution in [1.29, 1.82) is 0 Å². The first-order valence-corrected chi connectivity index (χ1v) is 10.7. The first-order valence-electron chi connectivity index (χ1n) is 10.7. The van der Waals surface area contributed by atoms with Crippen molar-refractivity contribution in [1.82, 2.24) is 0 Å². The van der Waals surface area contributed by atoms with Gasteiger partial charge in [-0.1, -0.05) is 25.1 Å². The quantitative estimate of drug-likeness (QED) is 0.142. The molecule has 0 unspecified atom stereocenters. The summed E-state index contributed by atoms with van der Waals surface area (Å²) in [7, 11) is 0. The molecule has 0 N–H and O–H groups in total. The minimum Gasteiger partial charge on any atom is -0.460 e. The monoisotopic (exact) mass is 490 g/mol. The highest BCUT2D eigenvalue weighted by Crippen LogP contribution is 2.31. The Morgan fingerprint density at radius 1 is 0.972 bits per heavy atom. The van der Waals surface area contributed by atoms with Gasteiger partial charge in [-0.05, 0) is 37.1 Å². The van der Waals surface area contributed by atoms with Gasteiger partial charge in [0.1, 0.15) is 28.9 Å². The standard InChI is InChI=1S/C25H18N2O9/c1-3-15-6-4-5-7-21(15)36-23-13-34-22-12-17(8-9-18(22)24(23)28)35-25(29)16-10-19(26(30)31)14(2)20(11-16)27(32)33/h4-13H,3H2,1-2H3. The number of nitro groups is 2. The molecule has 0 saturated heterocycles. The number of benzene rings is 3. The van der Waals surface area contributed by atoms with E-state index in [1.54, 1.807) is 12.1 Å². The minimum atomic E-state index is -1.06. The van der Waals surface area contributed by atoms with E-state index in [1.807, 2.05) is 19.1 Å². The summed E-state index contributed by atoms with van der Waals surface area (Å²) in [6.45, 7) is 3.18. The van der Waals surface area contributed by atoms with E-state index < -0.39 is 32.6 Å². The Bertz CT molecular complexity index is 1560. The summed E-state index contributed by atoms with van der Waals surface area (Å²) in [4.78, 5) is 46.4. The highest BCUT2D eigenvalue weighted by atomic mass is 16.6. The molecule has 0 amide bonds. The van der Waals surface area contributed by atoms with Crippen LogP contribution in [0.2, 0.25) is 0 Å². The fourth-order valence-corrected chi connectivity index (χ4v) is 3.59. The Labute approximate surface area is 202 Å². The smallest absolute Gasteiger partial charge is 0.344 e. The van der Waals surface area contributed by atoms with Crippen molar-refractivity contribution in [3.63, 3.8) is 0 Å². The van der Waals surface area contributed by atoms with Crippen molar-refractivity contribution in [3.8, 4) is 17.2 Å². The maximum atomic E-state index is 12.9. The zero-order chi connectivity index (χ0) is 26.0. The summed E-state index contributed by atoms with van der Waals surface area (Å²) in [5.41, 5.74) is -1.16. The van der Waals surface area contributed by atoms with Crippen LogP contribution in [0.1, 0.15) is 28.4 Å². The molecule has 36 heavy (non-hydrogen) atoms. The molecule has 0 aliphatic rings. The molecule has 11 nitrogen and oxygen atoms in total. The van der Waals surface area contributed by atoms with Crippen LogP contribution in [0.3, 0.4) is 0 Å². The first kappa shape index (κ1) is 24.1. The van der Waals surface area contributed by atoms with Crippen molar-refractivity contribution in [2.75, 3.05) is 0 Å². The lowest BCUT2D eigenvalue weighted by atomic mass is 10.1. The van der Waals surface area contributed by atoms with Gasteiger partial charge in [-0.2, -0.15) is 0 Å². The predicted molar refractivity (Wildman–Crippen MR) is 128 cm³/mol. The number of nitrogens with zero attached hydrogens (tertiary/aromatic N) is 2. The van der Waals surface area contributed by atoms with Crippen LogP contribution in [0.4, 0.5) is 11.4 Å². The molecule has 4 aromatic rings. The number of para-hydroxylation sites is 1. The Kier molecular flexibility index (Phi) is 6.46. The van der Waals surface area contributed by atoms with Crippen molar-refractivity contribution >= 4 is 28.3 Å². The molecule has 182 valence electrons. The van der Waals surface area contributed by atoms with Gasteiger partial charge in [0.15, 0.2) is 0 Å². The van der Waals surface area contributed by atoms with Crippen LogP contribution < -0.4 is 14.9 Å². The van der Waals surface area contributed by atoms with Gasteiger partial charge in [-0.3, -0.25) is 25.0 Å². The average molecular weight is 490 g/mol. The summed E-state index contributed by atoms with van der Waals surface area (Å²) in [5, 5.41) is 22.7. The lowest BCUT2D eigenvalue weighted by molar-refractivity contribution is -0.395. The topological polar surface area (TPSA) is 152 Å². The Balaban J connectivity index is 1.63. The number of hydrogen-bond donors (Lipinski definition) is 0. The summed E-state index contributed by atoms with van der Waals surface area (Å²) in [5.74, 6) is -0.587. The fourth-order valence-electron chi connectivity index (χ4n) is 3.59. The Morgan fingerprint density at radius 2 is 1.64 bits per heavy atom. The molecule has 0 bridgehead atoms. The van der Waals surface area contributed by atoms with E-state index in [0.29, 0.717) is 12.2 Å². The van der Waals surface area contributed by atoms with Crippen molar-refractivity contribution in [3.05, 3.63) is 108 Å². The maximum Gasteiger partial charge on any atom is 0.344 e. The number of ether oxygens (including phenoxy) is 2. The van der Waals surface area contributed by atoms with Crippen LogP contribution in [-0.2, 0) is 6.42 Å². The van der Waals surface area contributed by atoms with Crippen LogP contribution in [0.25, 0.3) is 11.0 Å². The molecular weight excluding hydrogens is 472 g/mol. The number of rotatable bonds is 7. The second-order valence-corrected chi connectivity index (χ2v) is 7.69. The van der Waals surface area contributed by atoms with Gasteiger partial charge in [0.25, 0.3) is 11.4 Å². The Hall–Kier alpha value is -5.06. The van der Waals surface area contributed by atoms with Gasteiger partial charge in [0, 0.05) is 18.2 Å². The number of carbonyl (C=O) groups is 1. The summed E-state index contributed by atoms with van der Waals surface area (Å²) >= 11 is 0. The molecule has 0 atom stereocenters. The summed E-state index contributed by atoms with van der Waals surface area (Å²) in [6.07, 6.45) is 1.85. The van der Waals surface area contributed by atoms with E-state index in [2.05, 4.69) is 0 Å². The van der Waals surface area contributed by atoms with Crippen molar-refractivity contribution in [2.24, 2.45) is 0 Å². The molecule has 3 aromatic carbocycles. The summed E-state index contributed by atoms with van der Waals surface area (Å²) in [6, 6.07) is 13.1. The van der Waals surface area contributed by atoms with Crippen LogP contribution >= 0.6 is 0 Å².